The Morgan fingerprint density at radius 2 is 1.80 bits per heavy atom. The summed E-state index contributed by atoms with van der Waals surface area (Å²) < 4.78 is 44.9. The number of hydrogen-bond donors (Lipinski definition) is 1. The molecule has 0 fully saturated rings. The summed E-state index contributed by atoms with van der Waals surface area (Å²) in [6.07, 6.45) is -1.40. The van der Waals surface area contributed by atoms with Gasteiger partial charge in [0.25, 0.3) is 0 Å². The van der Waals surface area contributed by atoms with Gasteiger partial charge in [-0.2, -0.15) is 13.1 Å². The highest BCUT2D eigenvalue weighted by Crippen LogP contribution is 1.98. The highest BCUT2D eigenvalue weighted by Gasteiger charge is 2.16. The Morgan fingerprint density at radius 1 is 1.40 bits per heavy atom. The predicted molar refractivity (Wildman–Crippen MR) is 33.2 cm³/mol. The van der Waals surface area contributed by atoms with Gasteiger partial charge in [0.1, 0.15) is 6.17 Å². The van der Waals surface area contributed by atoms with Crippen LogP contribution in [0.4, 0.5) is 8.28 Å². The summed E-state index contributed by atoms with van der Waals surface area (Å²) in [6, 6.07) is -1.02. The van der Waals surface area contributed by atoms with Crippen LogP contribution in [-0.2, 0) is 10.4 Å². The molecule has 0 aromatic heterocycles. The van der Waals surface area contributed by atoms with E-state index in [9.17, 15) is 16.7 Å². The summed E-state index contributed by atoms with van der Waals surface area (Å²) in [5, 5.41) is 0. The highest BCUT2D eigenvalue weighted by atomic mass is 32.3. The van der Waals surface area contributed by atoms with E-state index < -0.39 is 22.6 Å². The van der Waals surface area contributed by atoms with E-state index >= 15 is 0 Å². The molecule has 2 unspecified atom stereocenters. The maximum atomic E-state index is 12.1. The second-order valence-corrected chi connectivity index (χ2v) is 3.13. The molecule has 0 aromatic carbocycles. The highest BCUT2D eigenvalue weighted by molar-refractivity contribution is 7.84. The summed E-state index contributed by atoms with van der Waals surface area (Å²) in [6.45, 7) is 2.38. The van der Waals surface area contributed by atoms with Gasteiger partial charge in [-0.05, 0) is 13.8 Å². The molecule has 6 heteroatoms. The van der Waals surface area contributed by atoms with Crippen LogP contribution in [0.25, 0.3) is 0 Å². The van der Waals surface area contributed by atoms with Gasteiger partial charge < -0.3 is 0 Å². The topological polar surface area (TPSA) is 46.2 Å². The fourth-order valence-corrected chi connectivity index (χ4v) is 0.947. The lowest BCUT2D eigenvalue weighted by atomic mass is 10.2. The lowest BCUT2D eigenvalue weighted by molar-refractivity contribution is 0.301. The lowest BCUT2D eigenvalue weighted by Crippen LogP contribution is -2.35. The maximum absolute atomic E-state index is 12.1. The standard InChI is InChI=1S/C4H9F2NO2S/c1-3(5)4(2)7-10(6,8)9/h3-4,7H,1-2H3. The summed E-state index contributed by atoms with van der Waals surface area (Å²) >= 11 is 0. The van der Waals surface area contributed by atoms with Crippen LogP contribution in [0.1, 0.15) is 13.8 Å². The molecule has 0 saturated carbocycles. The van der Waals surface area contributed by atoms with Crippen molar-refractivity contribution in [2.75, 3.05) is 0 Å². The average Bonchev–Trinajstić information content (AvgIpc) is 1.60. The normalized spacial score (nSPS) is 18.4. The van der Waals surface area contributed by atoms with Crippen molar-refractivity contribution in [1.29, 1.82) is 0 Å². The van der Waals surface area contributed by atoms with Gasteiger partial charge in [0.2, 0.25) is 0 Å². The Balaban J connectivity index is 3.93. The lowest BCUT2D eigenvalue weighted by Gasteiger charge is -2.10. The third-order valence-corrected chi connectivity index (χ3v) is 1.67. The molecule has 0 heterocycles. The van der Waals surface area contributed by atoms with Crippen LogP contribution in [0.2, 0.25) is 0 Å². The predicted octanol–water partition coefficient (Wildman–Crippen LogP) is 0.537. The number of alkyl halides is 1. The van der Waals surface area contributed by atoms with E-state index in [1.165, 1.54) is 11.6 Å². The zero-order valence-corrected chi connectivity index (χ0v) is 6.45. The Labute approximate surface area is 58.8 Å². The number of rotatable bonds is 3. The van der Waals surface area contributed by atoms with Crippen LogP contribution in [0, 0.1) is 0 Å². The molecule has 1 N–H and O–H groups in total. The quantitative estimate of drug-likeness (QED) is 0.633. The molecule has 0 aliphatic rings. The first kappa shape index (κ1) is 9.77. The molecule has 0 saturated heterocycles. The minimum atomic E-state index is -4.76. The third kappa shape index (κ3) is 4.63. The van der Waals surface area contributed by atoms with Gasteiger partial charge in [0, 0.05) is 0 Å². The van der Waals surface area contributed by atoms with Gasteiger partial charge in [0.15, 0.2) is 0 Å². The monoisotopic (exact) mass is 173 g/mol. The van der Waals surface area contributed by atoms with Gasteiger partial charge >= 0.3 is 10.4 Å². The number of hydrogen-bond acceptors (Lipinski definition) is 2. The van der Waals surface area contributed by atoms with Crippen molar-refractivity contribution in [3.8, 4) is 0 Å². The van der Waals surface area contributed by atoms with Crippen LogP contribution < -0.4 is 4.72 Å². The van der Waals surface area contributed by atoms with Crippen LogP contribution in [-0.4, -0.2) is 20.6 Å². The molecule has 62 valence electrons. The zero-order valence-electron chi connectivity index (χ0n) is 5.64. The van der Waals surface area contributed by atoms with Gasteiger partial charge in [0.05, 0.1) is 6.04 Å². The van der Waals surface area contributed by atoms with Crippen LogP contribution in [0.15, 0.2) is 0 Å². The largest absolute Gasteiger partial charge is 0.372 e. The van der Waals surface area contributed by atoms with Crippen molar-refractivity contribution in [2.24, 2.45) is 0 Å². The molecule has 0 radical (unpaired) electrons. The molecule has 0 bridgehead atoms. The van der Waals surface area contributed by atoms with Crippen molar-refractivity contribution < 1.29 is 16.7 Å². The van der Waals surface area contributed by atoms with E-state index in [2.05, 4.69) is 0 Å². The van der Waals surface area contributed by atoms with Crippen molar-refractivity contribution in [2.45, 2.75) is 26.1 Å². The molecule has 0 aromatic rings. The van der Waals surface area contributed by atoms with Crippen molar-refractivity contribution in [3.63, 3.8) is 0 Å². The fourth-order valence-electron chi connectivity index (χ4n) is 0.316. The van der Waals surface area contributed by atoms with E-state index in [1.54, 1.807) is 0 Å². The summed E-state index contributed by atoms with van der Waals surface area (Å²) in [5.74, 6) is 0. The molecule has 10 heavy (non-hydrogen) atoms. The smallest absolute Gasteiger partial charge is 0.246 e. The van der Waals surface area contributed by atoms with Crippen molar-refractivity contribution in [1.82, 2.24) is 4.72 Å². The summed E-state index contributed by atoms with van der Waals surface area (Å²) in [4.78, 5) is 0. The molecule has 0 aliphatic carbocycles. The van der Waals surface area contributed by atoms with Crippen LogP contribution in [0.3, 0.4) is 0 Å². The Bertz CT molecular complexity index is 189. The minimum absolute atomic E-state index is 1.02. The second kappa shape index (κ2) is 3.25. The molecular formula is C4H9F2NO2S. The molecule has 2 atom stereocenters. The van der Waals surface area contributed by atoms with E-state index in [1.807, 2.05) is 0 Å². The van der Waals surface area contributed by atoms with E-state index in [4.69, 9.17) is 0 Å². The van der Waals surface area contributed by atoms with E-state index in [0.29, 0.717) is 0 Å². The average molecular weight is 173 g/mol. The third-order valence-electron chi connectivity index (χ3n) is 1.02. The molecule has 0 rings (SSSR count). The van der Waals surface area contributed by atoms with Gasteiger partial charge in [-0.1, -0.05) is 3.89 Å². The minimum Gasteiger partial charge on any atom is -0.246 e. The molecule has 0 spiro atoms. The number of halogens is 2. The number of nitrogens with one attached hydrogen (secondary N) is 1. The van der Waals surface area contributed by atoms with Gasteiger partial charge in [-0.25, -0.2) is 4.39 Å². The van der Waals surface area contributed by atoms with Crippen LogP contribution in [0.5, 0.6) is 0 Å². The van der Waals surface area contributed by atoms with Gasteiger partial charge in [-0.3, -0.25) is 0 Å². The first-order chi connectivity index (χ1) is 4.33. The Hall–Kier alpha value is -0.230. The Kier molecular flexibility index (Phi) is 3.17. The Morgan fingerprint density at radius 3 is 1.90 bits per heavy atom. The zero-order chi connectivity index (χ0) is 8.36. The van der Waals surface area contributed by atoms with Gasteiger partial charge in [-0.15, -0.1) is 0 Å². The fraction of sp³-hybridized carbons (Fsp3) is 1.00. The first-order valence-corrected chi connectivity index (χ1v) is 4.07. The van der Waals surface area contributed by atoms with Crippen LogP contribution >= 0.6 is 0 Å². The molecule has 0 amide bonds. The SMILES string of the molecule is CC(F)C(C)NS(=O)(=O)F. The molecular weight excluding hydrogens is 164 g/mol. The first-order valence-electron chi connectivity index (χ1n) is 2.69. The van der Waals surface area contributed by atoms with Crippen molar-refractivity contribution >= 4 is 10.4 Å². The van der Waals surface area contributed by atoms with E-state index in [0.717, 1.165) is 6.92 Å². The molecule has 3 nitrogen and oxygen atoms in total. The maximum Gasteiger partial charge on any atom is 0.372 e. The van der Waals surface area contributed by atoms with Crippen molar-refractivity contribution in [3.05, 3.63) is 0 Å². The molecule has 0 aliphatic heterocycles. The summed E-state index contributed by atoms with van der Waals surface area (Å²) in [5.41, 5.74) is 0. The summed E-state index contributed by atoms with van der Waals surface area (Å²) in [7, 11) is -4.76. The van der Waals surface area contributed by atoms with E-state index in [-0.39, 0.29) is 0 Å². The second-order valence-electron chi connectivity index (χ2n) is 2.02.